The zero-order valence-electron chi connectivity index (χ0n) is 12.3. The lowest BCUT2D eigenvalue weighted by Crippen LogP contribution is -2.31. The van der Waals surface area contributed by atoms with E-state index < -0.39 is 6.04 Å². The third-order valence-electron chi connectivity index (χ3n) is 3.47. The molecular weight excluding hydrogens is 363 g/mol. The number of benzene rings is 1. The molecule has 0 fully saturated rings. The first-order valence-corrected chi connectivity index (χ1v) is 7.71. The van der Waals surface area contributed by atoms with E-state index in [0.717, 1.165) is 4.47 Å². The zero-order valence-corrected chi connectivity index (χ0v) is 13.8. The minimum atomic E-state index is -0.555. The summed E-state index contributed by atoms with van der Waals surface area (Å²) < 4.78 is 16.2. The molecule has 2 heterocycles. The highest BCUT2D eigenvalue weighted by atomic mass is 79.9. The number of nitrogens with zero attached hydrogens (tertiary/aromatic N) is 2. The molecule has 5 nitrogen and oxygen atoms in total. The molecule has 3 aromatic rings. The van der Waals surface area contributed by atoms with Crippen molar-refractivity contribution >= 4 is 21.8 Å². The van der Waals surface area contributed by atoms with E-state index in [2.05, 4.69) is 31.2 Å². The molecule has 0 aliphatic heterocycles. The minimum absolute atomic E-state index is 0.298. The van der Waals surface area contributed by atoms with Crippen molar-refractivity contribution in [3.05, 3.63) is 76.3 Å². The average Bonchev–Trinajstić information content (AvgIpc) is 3.13. The highest BCUT2D eigenvalue weighted by Crippen LogP contribution is 2.22. The summed E-state index contributed by atoms with van der Waals surface area (Å²) in [4.78, 5) is 19.6. The predicted molar refractivity (Wildman–Crippen MR) is 87.4 cm³/mol. The van der Waals surface area contributed by atoms with Gasteiger partial charge >= 0.3 is 0 Å². The number of hydrogen-bond acceptors (Lipinski definition) is 2. The number of amides is 1. The monoisotopic (exact) mass is 376 g/mol. The van der Waals surface area contributed by atoms with Crippen LogP contribution in [0.15, 0.2) is 53.4 Å². The van der Waals surface area contributed by atoms with Crippen molar-refractivity contribution in [1.29, 1.82) is 0 Å². The van der Waals surface area contributed by atoms with E-state index in [1.165, 1.54) is 12.1 Å². The molecule has 2 N–H and O–H groups in total. The lowest BCUT2D eigenvalue weighted by atomic mass is 10.1. The van der Waals surface area contributed by atoms with Gasteiger partial charge in [0.1, 0.15) is 23.4 Å². The summed E-state index contributed by atoms with van der Waals surface area (Å²) in [5.41, 5.74) is 1.03. The number of rotatable bonds is 4. The van der Waals surface area contributed by atoms with Crippen LogP contribution in [-0.4, -0.2) is 20.4 Å². The van der Waals surface area contributed by atoms with Crippen molar-refractivity contribution in [3.8, 4) is 0 Å². The second-order valence-electron chi connectivity index (χ2n) is 5.09. The summed E-state index contributed by atoms with van der Waals surface area (Å²) in [7, 11) is 1.83. The van der Waals surface area contributed by atoms with E-state index in [1.54, 1.807) is 41.4 Å². The maximum absolute atomic E-state index is 13.6. The van der Waals surface area contributed by atoms with Gasteiger partial charge in [0.2, 0.25) is 0 Å². The molecule has 0 radical (unpaired) electrons. The molecule has 0 aliphatic carbocycles. The smallest absolute Gasteiger partial charge is 0.268 e. The van der Waals surface area contributed by atoms with Gasteiger partial charge in [-0.1, -0.05) is 12.1 Å². The van der Waals surface area contributed by atoms with Crippen LogP contribution in [-0.2, 0) is 7.05 Å². The second kappa shape index (κ2) is 6.37. The third-order valence-corrected chi connectivity index (χ3v) is 3.92. The van der Waals surface area contributed by atoms with Gasteiger partial charge in [-0.25, -0.2) is 9.37 Å². The standard InChI is InChI=1S/C16H14BrFN4O/c1-22-6-5-19-15(22)14(10-3-2-4-12(18)7-10)21-16(23)13-8-11(17)9-20-13/h2-9,14,20H,1H3,(H,21,23)/t14-/m1/s1. The van der Waals surface area contributed by atoms with Crippen LogP contribution in [0.25, 0.3) is 0 Å². The number of carbonyl (C=O) groups excluding carboxylic acids is 1. The average molecular weight is 377 g/mol. The molecule has 0 unspecified atom stereocenters. The van der Waals surface area contributed by atoms with Crippen molar-refractivity contribution < 1.29 is 9.18 Å². The third kappa shape index (κ3) is 3.34. The predicted octanol–water partition coefficient (Wildman–Crippen LogP) is 3.17. The topological polar surface area (TPSA) is 62.7 Å². The molecule has 0 saturated heterocycles. The SMILES string of the molecule is Cn1ccnc1[C@H](NC(=O)c1cc(Br)c[nH]1)c1cccc(F)c1. The van der Waals surface area contributed by atoms with E-state index >= 15 is 0 Å². The Balaban J connectivity index is 1.96. The van der Waals surface area contributed by atoms with E-state index in [-0.39, 0.29) is 11.7 Å². The molecule has 0 saturated carbocycles. The van der Waals surface area contributed by atoms with Gasteiger partial charge in [-0.3, -0.25) is 4.79 Å². The fraction of sp³-hybridized carbons (Fsp3) is 0.125. The van der Waals surface area contributed by atoms with Gasteiger partial charge in [0.05, 0.1) is 0 Å². The number of aromatic amines is 1. The largest absolute Gasteiger partial charge is 0.356 e. The Kier molecular flexibility index (Phi) is 4.29. The maximum atomic E-state index is 13.6. The number of aromatic nitrogens is 3. The summed E-state index contributed by atoms with van der Waals surface area (Å²) in [5.74, 6) is -0.0406. The molecule has 2 aromatic heterocycles. The molecule has 7 heteroatoms. The highest BCUT2D eigenvalue weighted by molar-refractivity contribution is 9.10. The first kappa shape index (κ1) is 15.5. The maximum Gasteiger partial charge on any atom is 0.268 e. The van der Waals surface area contributed by atoms with Crippen LogP contribution in [0.3, 0.4) is 0 Å². The summed E-state index contributed by atoms with van der Waals surface area (Å²) in [5, 5.41) is 2.89. The fourth-order valence-electron chi connectivity index (χ4n) is 2.35. The molecule has 0 aliphatic rings. The van der Waals surface area contributed by atoms with Gasteiger partial charge in [-0.05, 0) is 39.7 Å². The summed E-state index contributed by atoms with van der Waals surface area (Å²) in [6.07, 6.45) is 5.09. The molecular formula is C16H14BrFN4O. The molecule has 118 valence electrons. The van der Waals surface area contributed by atoms with Crippen LogP contribution in [0.4, 0.5) is 4.39 Å². The molecule has 0 bridgehead atoms. The van der Waals surface area contributed by atoms with Gasteiger partial charge in [0, 0.05) is 30.1 Å². The summed E-state index contributed by atoms with van der Waals surface area (Å²) in [6, 6.07) is 7.25. The van der Waals surface area contributed by atoms with Gasteiger partial charge in [-0.15, -0.1) is 0 Å². The van der Waals surface area contributed by atoms with Crippen LogP contribution in [0.1, 0.15) is 27.9 Å². The van der Waals surface area contributed by atoms with Gasteiger partial charge in [0.15, 0.2) is 0 Å². The number of carbonyl (C=O) groups is 1. The van der Waals surface area contributed by atoms with E-state index in [9.17, 15) is 9.18 Å². The summed E-state index contributed by atoms with van der Waals surface area (Å²) >= 11 is 3.29. The van der Waals surface area contributed by atoms with Gasteiger partial charge in [0.25, 0.3) is 5.91 Å². The van der Waals surface area contributed by atoms with Gasteiger partial charge < -0.3 is 14.9 Å². The number of imidazole rings is 1. The number of aryl methyl sites for hydroxylation is 1. The Morgan fingerprint density at radius 3 is 2.87 bits per heavy atom. The normalized spacial score (nSPS) is 12.1. The summed E-state index contributed by atoms with van der Waals surface area (Å²) in [6.45, 7) is 0. The zero-order chi connectivity index (χ0) is 16.4. The molecule has 23 heavy (non-hydrogen) atoms. The Hall–Kier alpha value is -2.41. The van der Waals surface area contributed by atoms with Crippen LogP contribution in [0, 0.1) is 5.82 Å². The Morgan fingerprint density at radius 1 is 1.43 bits per heavy atom. The van der Waals surface area contributed by atoms with Crippen LogP contribution in [0.5, 0.6) is 0 Å². The quantitative estimate of drug-likeness (QED) is 0.734. The van der Waals surface area contributed by atoms with Crippen molar-refractivity contribution in [2.24, 2.45) is 7.05 Å². The number of nitrogens with one attached hydrogen (secondary N) is 2. The lowest BCUT2D eigenvalue weighted by molar-refractivity contribution is 0.0936. The van der Waals surface area contributed by atoms with Crippen LogP contribution < -0.4 is 5.32 Å². The fourth-order valence-corrected chi connectivity index (χ4v) is 2.69. The minimum Gasteiger partial charge on any atom is -0.356 e. The second-order valence-corrected chi connectivity index (χ2v) is 6.01. The number of hydrogen-bond donors (Lipinski definition) is 2. The molecule has 3 rings (SSSR count). The molecule has 1 amide bonds. The highest BCUT2D eigenvalue weighted by Gasteiger charge is 2.22. The van der Waals surface area contributed by atoms with Crippen molar-refractivity contribution in [2.75, 3.05) is 0 Å². The van der Waals surface area contributed by atoms with Crippen LogP contribution in [0.2, 0.25) is 0 Å². The first-order valence-electron chi connectivity index (χ1n) is 6.92. The van der Waals surface area contributed by atoms with E-state index in [1.807, 2.05) is 7.05 Å². The Morgan fingerprint density at radius 2 is 2.26 bits per heavy atom. The lowest BCUT2D eigenvalue weighted by Gasteiger charge is -2.19. The number of halogens is 2. The van der Waals surface area contributed by atoms with Crippen molar-refractivity contribution in [1.82, 2.24) is 19.9 Å². The Labute approximate surface area is 140 Å². The Bertz CT molecular complexity index is 842. The van der Waals surface area contributed by atoms with E-state index in [4.69, 9.17) is 0 Å². The molecule has 1 atom stereocenters. The van der Waals surface area contributed by atoms with Crippen molar-refractivity contribution in [3.63, 3.8) is 0 Å². The van der Waals surface area contributed by atoms with Gasteiger partial charge in [-0.2, -0.15) is 0 Å². The van der Waals surface area contributed by atoms with E-state index in [0.29, 0.717) is 17.1 Å². The number of H-pyrrole nitrogens is 1. The molecule has 1 aromatic carbocycles. The van der Waals surface area contributed by atoms with Crippen molar-refractivity contribution in [2.45, 2.75) is 6.04 Å². The van der Waals surface area contributed by atoms with Crippen LogP contribution >= 0.6 is 15.9 Å². The molecule has 0 spiro atoms. The first-order chi connectivity index (χ1) is 11.0.